The zero-order valence-corrected chi connectivity index (χ0v) is 17.7. The normalized spacial score (nSPS) is 18.7. The Bertz CT molecular complexity index is 976. The maximum atomic E-state index is 13.6. The number of urea groups is 1. The van der Waals surface area contributed by atoms with Gasteiger partial charge in [-0.25, -0.2) is 13.6 Å². The highest BCUT2D eigenvalue weighted by Crippen LogP contribution is 2.48. The second kappa shape index (κ2) is 9.20. The van der Waals surface area contributed by atoms with Crippen molar-refractivity contribution in [2.24, 2.45) is 11.7 Å². The van der Waals surface area contributed by atoms with Crippen molar-refractivity contribution in [1.82, 2.24) is 15.2 Å². The Morgan fingerprint density at radius 2 is 1.81 bits per heavy atom. The van der Waals surface area contributed by atoms with E-state index in [2.05, 4.69) is 15.6 Å². The standard InChI is InChI=1S/C23H27F2N5O2/c24-18-2-1-16(13-19(18)25)23(7-8-23)21(31)28-14-20(26)15-5-11-30(12-6-15)22(32)29-17-3-9-27-10-4-17/h1-4,9-10,13,15,20H,5-8,11-12,14,26H2,(H,28,31)(H,27,29,32). The number of piperidine rings is 1. The number of rotatable bonds is 6. The highest BCUT2D eigenvalue weighted by molar-refractivity contribution is 5.91. The first-order chi connectivity index (χ1) is 15.4. The van der Waals surface area contributed by atoms with Crippen LogP contribution >= 0.6 is 0 Å². The molecule has 3 amide bonds. The summed E-state index contributed by atoms with van der Waals surface area (Å²) in [5, 5.41) is 5.75. The number of halogens is 2. The van der Waals surface area contributed by atoms with E-state index >= 15 is 0 Å². The maximum Gasteiger partial charge on any atom is 0.321 e. The van der Waals surface area contributed by atoms with E-state index in [1.807, 2.05) is 0 Å². The molecule has 1 aliphatic carbocycles. The van der Waals surface area contributed by atoms with Gasteiger partial charge in [0.2, 0.25) is 5.91 Å². The molecule has 2 aliphatic rings. The first kappa shape index (κ1) is 22.1. The zero-order valence-electron chi connectivity index (χ0n) is 17.7. The summed E-state index contributed by atoms with van der Waals surface area (Å²) in [6.07, 6.45) is 5.93. The number of nitrogens with one attached hydrogen (secondary N) is 2. The molecule has 1 unspecified atom stereocenters. The summed E-state index contributed by atoms with van der Waals surface area (Å²) in [5.41, 5.74) is 6.74. The van der Waals surface area contributed by atoms with Crippen LogP contribution < -0.4 is 16.4 Å². The minimum absolute atomic E-state index is 0.154. The number of amides is 3. The number of benzene rings is 1. The smallest absolute Gasteiger partial charge is 0.321 e. The van der Waals surface area contributed by atoms with Crippen LogP contribution in [0.25, 0.3) is 0 Å². The van der Waals surface area contributed by atoms with Gasteiger partial charge in [-0.1, -0.05) is 6.07 Å². The van der Waals surface area contributed by atoms with Crippen LogP contribution in [0.2, 0.25) is 0 Å². The number of pyridine rings is 1. The molecule has 0 radical (unpaired) electrons. The number of nitrogens with zero attached hydrogens (tertiary/aromatic N) is 2. The van der Waals surface area contributed by atoms with Gasteiger partial charge in [-0.05, 0) is 61.4 Å². The molecule has 1 aliphatic heterocycles. The number of likely N-dealkylation sites (tertiary alicyclic amines) is 1. The average Bonchev–Trinajstić information content (AvgIpc) is 3.62. The van der Waals surface area contributed by atoms with E-state index in [-0.39, 0.29) is 23.9 Å². The summed E-state index contributed by atoms with van der Waals surface area (Å²) < 4.78 is 26.8. The van der Waals surface area contributed by atoms with Crippen molar-refractivity contribution in [3.05, 3.63) is 59.9 Å². The second-order valence-corrected chi connectivity index (χ2v) is 8.58. The van der Waals surface area contributed by atoms with E-state index in [1.165, 1.54) is 6.07 Å². The van der Waals surface area contributed by atoms with E-state index in [0.29, 0.717) is 43.7 Å². The summed E-state index contributed by atoms with van der Waals surface area (Å²) >= 11 is 0. The van der Waals surface area contributed by atoms with Gasteiger partial charge in [0.15, 0.2) is 11.6 Å². The second-order valence-electron chi connectivity index (χ2n) is 8.58. The van der Waals surface area contributed by atoms with E-state index < -0.39 is 17.0 Å². The number of hydrogen-bond acceptors (Lipinski definition) is 4. The van der Waals surface area contributed by atoms with E-state index in [0.717, 1.165) is 25.0 Å². The Morgan fingerprint density at radius 3 is 2.44 bits per heavy atom. The van der Waals surface area contributed by atoms with Crippen molar-refractivity contribution >= 4 is 17.6 Å². The fourth-order valence-electron chi connectivity index (χ4n) is 4.28. The molecule has 2 fully saturated rings. The Labute approximate surface area is 185 Å². The number of hydrogen-bond donors (Lipinski definition) is 3. The van der Waals surface area contributed by atoms with E-state index in [9.17, 15) is 18.4 Å². The van der Waals surface area contributed by atoms with Crippen molar-refractivity contribution in [1.29, 1.82) is 0 Å². The Hall–Kier alpha value is -3.07. The van der Waals surface area contributed by atoms with Gasteiger partial charge in [0, 0.05) is 43.8 Å². The monoisotopic (exact) mass is 443 g/mol. The molecule has 1 saturated heterocycles. The van der Waals surface area contributed by atoms with Gasteiger partial charge >= 0.3 is 6.03 Å². The van der Waals surface area contributed by atoms with Crippen molar-refractivity contribution in [2.75, 3.05) is 25.0 Å². The molecule has 9 heteroatoms. The predicted octanol–water partition coefficient (Wildman–Crippen LogP) is 2.78. The molecule has 1 saturated carbocycles. The minimum Gasteiger partial charge on any atom is -0.354 e. The van der Waals surface area contributed by atoms with Crippen molar-refractivity contribution < 1.29 is 18.4 Å². The molecule has 4 rings (SSSR count). The van der Waals surface area contributed by atoms with Crippen LogP contribution in [0.1, 0.15) is 31.2 Å². The maximum absolute atomic E-state index is 13.6. The molecular formula is C23H27F2N5O2. The quantitative estimate of drug-likeness (QED) is 0.639. The average molecular weight is 443 g/mol. The molecule has 0 bridgehead atoms. The van der Waals surface area contributed by atoms with Gasteiger partial charge in [0.25, 0.3) is 0 Å². The number of nitrogens with two attached hydrogens (primary N) is 1. The van der Waals surface area contributed by atoms with Crippen LogP contribution in [0.3, 0.4) is 0 Å². The lowest BCUT2D eigenvalue weighted by atomic mass is 9.89. The molecule has 1 aromatic carbocycles. The highest BCUT2D eigenvalue weighted by atomic mass is 19.2. The summed E-state index contributed by atoms with van der Waals surface area (Å²) in [7, 11) is 0. The third-order valence-electron chi connectivity index (χ3n) is 6.52. The van der Waals surface area contributed by atoms with E-state index in [4.69, 9.17) is 5.73 Å². The Balaban J connectivity index is 1.24. The van der Waals surface area contributed by atoms with Crippen molar-refractivity contribution in [3.8, 4) is 0 Å². The SMILES string of the molecule is NC(CNC(=O)C1(c2ccc(F)c(F)c2)CC1)C1CCN(C(=O)Nc2ccncc2)CC1. The first-order valence-corrected chi connectivity index (χ1v) is 10.8. The van der Waals surface area contributed by atoms with Gasteiger partial charge < -0.3 is 21.3 Å². The largest absolute Gasteiger partial charge is 0.354 e. The van der Waals surface area contributed by atoms with Crippen molar-refractivity contribution in [3.63, 3.8) is 0 Å². The molecular weight excluding hydrogens is 416 g/mol. The van der Waals surface area contributed by atoms with Crippen LogP contribution in [0.15, 0.2) is 42.7 Å². The summed E-state index contributed by atoms with van der Waals surface area (Å²) in [6, 6.07) is 6.70. The third kappa shape index (κ3) is 4.72. The van der Waals surface area contributed by atoms with Gasteiger partial charge in [0.05, 0.1) is 5.41 Å². The first-order valence-electron chi connectivity index (χ1n) is 10.8. The lowest BCUT2D eigenvalue weighted by molar-refractivity contribution is -0.123. The van der Waals surface area contributed by atoms with Crippen LogP contribution in [0.5, 0.6) is 0 Å². The van der Waals surface area contributed by atoms with Crippen LogP contribution in [0.4, 0.5) is 19.3 Å². The Morgan fingerprint density at radius 1 is 1.12 bits per heavy atom. The van der Waals surface area contributed by atoms with Crippen LogP contribution in [-0.4, -0.2) is 47.5 Å². The fraction of sp³-hybridized carbons (Fsp3) is 0.435. The number of aromatic nitrogens is 1. The molecule has 7 nitrogen and oxygen atoms in total. The summed E-state index contributed by atoms with van der Waals surface area (Å²) in [6.45, 7) is 1.47. The topological polar surface area (TPSA) is 100 Å². The van der Waals surface area contributed by atoms with Gasteiger partial charge in [-0.15, -0.1) is 0 Å². The highest BCUT2D eigenvalue weighted by Gasteiger charge is 2.51. The molecule has 2 heterocycles. The molecule has 170 valence electrons. The fourth-order valence-corrected chi connectivity index (χ4v) is 4.28. The number of anilines is 1. The lowest BCUT2D eigenvalue weighted by Gasteiger charge is -2.35. The summed E-state index contributed by atoms with van der Waals surface area (Å²) in [4.78, 5) is 30.9. The third-order valence-corrected chi connectivity index (χ3v) is 6.52. The van der Waals surface area contributed by atoms with Gasteiger partial charge in [-0.3, -0.25) is 9.78 Å². The summed E-state index contributed by atoms with van der Waals surface area (Å²) in [5.74, 6) is -1.89. The molecule has 32 heavy (non-hydrogen) atoms. The molecule has 4 N–H and O–H groups in total. The van der Waals surface area contributed by atoms with Gasteiger partial charge in [0.1, 0.15) is 0 Å². The van der Waals surface area contributed by atoms with Gasteiger partial charge in [-0.2, -0.15) is 0 Å². The van der Waals surface area contributed by atoms with E-state index in [1.54, 1.807) is 29.4 Å². The van der Waals surface area contributed by atoms with Crippen LogP contribution in [0, 0.1) is 17.6 Å². The number of carbonyl (C=O) groups is 2. The van der Waals surface area contributed by atoms with Crippen molar-refractivity contribution in [2.45, 2.75) is 37.1 Å². The molecule has 2 aromatic rings. The lowest BCUT2D eigenvalue weighted by Crippen LogP contribution is -2.49. The minimum atomic E-state index is -0.946. The Kier molecular flexibility index (Phi) is 6.36. The predicted molar refractivity (Wildman–Crippen MR) is 116 cm³/mol. The molecule has 1 aromatic heterocycles. The molecule has 1 atom stereocenters. The van der Waals surface area contributed by atoms with Crippen LogP contribution in [-0.2, 0) is 10.2 Å². The zero-order chi connectivity index (χ0) is 22.7. The molecule has 0 spiro atoms. The number of carbonyl (C=O) groups excluding carboxylic acids is 2.